The number of nitrogens with zero attached hydrogens (tertiary/aromatic N) is 1. The van der Waals surface area contributed by atoms with Crippen LogP contribution < -0.4 is 5.32 Å². The Labute approximate surface area is 146 Å². The van der Waals surface area contributed by atoms with Crippen molar-refractivity contribution >= 4 is 44.7 Å². The van der Waals surface area contributed by atoms with Gasteiger partial charge in [-0.15, -0.1) is 11.3 Å². The molecule has 0 radical (unpaired) electrons. The van der Waals surface area contributed by atoms with Crippen LogP contribution in [0.3, 0.4) is 0 Å². The number of carbonyl (C=O) groups is 1. The van der Waals surface area contributed by atoms with Gasteiger partial charge in [0.2, 0.25) is 0 Å². The third-order valence-corrected chi connectivity index (χ3v) is 5.58. The lowest BCUT2D eigenvalue weighted by Crippen LogP contribution is -2.14. The average molecular weight is 365 g/mol. The van der Waals surface area contributed by atoms with E-state index >= 15 is 0 Å². The van der Waals surface area contributed by atoms with E-state index in [9.17, 15) is 14.3 Å². The Morgan fingerprint density at radius 3 is 2.71 bits per heavy atom. The molecule has 0 unspecified atom stereocenters. The van der Waals surface area contributed by atoms with Gasteiger partial charge in [-0.05, 0) is 50.1 Å². The van der Waals surface area contributed by atoms with Crippen molar-refractivity contribution in [3.63, 3.8) is 0 Å². The van der Waals surface area contributed by atoms with E-state index in [1.807, 2.05) is 0 Å². The molecule has 124 valence electrons. The molecule has 0 aliphatic heterocycles. The molecule has 1 amide bonds. The average Bonchev–Trinajstić information content (AvgIpc) is 2.86. The van der Waals surface area contributed by atoms with Crippen LogP contribution in [0.15, 0.2) is 18.2 Å². The number of pyridine rings is 1. The number of thiophene rings is 1. The molecule has 3 rings (SSSR count). The van der Waals surface area contributed by atoms with E-state index in [1.165, 1.54) is 12.1 Å². The molecule has 0 bridgehead atoms. The number of aromatic hydroxyl groups is 1. The highest BCUT2D eigenvalue weighted by molar-refractivity contribution is 7.21. The van der Waals surface area contributed by atoms with E-state index in [0.717, 1.165) is 11.3 Å². The molecule has 1 aromatic carbocycles. The standard InChI is InChI=1S/C17H14ClFN2O2S/c1-7-8(2)16(20-9(3)14(7)22)21-17(23)15-13(18)11-5-4-10(19)6-12(11)24-15/h4-6,22H,1-3H3,(H,20,21,23). The molecule has 0 fully saturated rings. The van der Waals surface area contributed by atoms with Gasteiger partial charge in [-0.2, -0.15) is 0 Å². The zero-order valence-corrected chi connectivity index (χ0v) is 14.8. The maximum atomic E-state index is 13.3. The van der Waals surface area contributed by atoms with Crippen LogP contribution >= 0.6 is 22.9 Å². The van der Waals surface area contributed by atoms with Gasteiger partial charge in [-0.25, -0.2) is 9.37 Å². The third-order valence-electron chi connectivity index (χ3n) is 3.92. The summed E-state index contributed by atoms with van der Waals surface area (Å²) in [5, 5.41) is 13.5. The fourth-order valence-corrected chi connectivity index (χ4v) is 3.84. The van der Waals surface area contributed by atoms with E-state index in [0.29, 0.717) is 37.6 Å². The number of hydrogen-bond donors (Lipinski definition) is 2. The van der Waals surface area contributed by atoms with Gasteiger partial charge in [0, 0.05) is 10.1 Å². The van der Waals surface area contributed by atoms with Gasteiger partial charge in [-0.1, -0.05) is 11.6 Å². The van der Waals surface area contributed by atoms with Crippen LogP contribution in [0.2, 0.25) is 5.02 Å². The molecule has 4 nitrogen and oxygen atoms in total. The molecule has 2 heterocycles. The zero-order valence-electron chi connectivity index (χ0n) is 13.2. The monoisotopic (exact) mass is 364 g/mol. The molecule has 2 N–H and O–H groups in total. The molecular formula is C17H14ClFN2O2S. The smallest absolute Gasteiger partial charge is 0.268 e. The highest BCUT2D eigenvalue weighted by Gasteiger charge is 2.20. The van der Waals surface area contributed by atoms with Gasteiger partial charge in [0.1, 0.15) is 22.3 Å². The number of nitrogens with one attached hydrogen (secondary N) is 1. The number of benzene rings is 1. The van der Waals surface area contributed by atoms with Gasteiger partial charge < -0.3 is 10.4 Å². The number of carbonyl (C=O) groups excluding carboxylic acids is 1. The summed E-state index contributed by atoms with van der Waals surface area (Å²) in [7, 11) is 0. The minimum Gasteiger partial charge on any atom is -0.506 e. The summed E-state index contributed by atoms with van der Waals surface area (Å²) in [5.74, 6) is -0.315. The van der Waals surface area contributed by atoms with Gasteiger partial charge in [0.05, 0.1) is 10.7 Å². The quantitative estimate of drug-likeness (QED) is 0.674. The largest absolute Gasteiger partial charge is 0.506 e. The molecule has 0 aliphatic rings. The second kappa shape index (κ2) is 6.03. The SMILES string of the molecule is Cc1nc(NC(=O)c2sc3cc(F)ccc3c2Cl)c(C)c(C)c1O. The molecule has 24 heavy (non-hydrogen) atoms. The zero-order chi connectivity index (χ0) is 17.6. The Hall–Kier alpha value is -2.18. The maximum Gasteiger partial charge on any atom is 0.268 e. The summed E-state index contributed by atoms with van der Waals surface area (Å²) in [6.45, 7) is 5.18. The van der Waals surface area contributed by atoms with Gasteiger partial charge in [0.15, 0.2) is 0 Å². The number of amides is 1. The number of fused-ring (bicyclic) bond motifs is 1. The lowest BCUT2D eigenvalue weighted by Gasteiger charge is -2.12. The second-order valence-electron chi connectivity index (χ2n) is 5.48. The van der Waals surface area contributed by atoms with Gasteiger partial charge >= 0.3 is 0 Å². The summed E-state index contributed by atoms with van der Waals surface area (Å²) in [4.78, 5) is 17.1. The molecule has 0 aliphatic carbocycles. The molecule has 3 aromatic rings. The molecule has 0 spiro atoms. The first kappa shape index (κ1) is 16.7. The van der Waals surface area contributed by atoms with Crippen molar-refractivity contribution in [3.8, 4) is 5.75 Å². The lowest BCUT2D eigenvalue weighted by molar-refractivity contribution is 0.103. The van der Waals surface area contributed by atoms with Crippen molar-refractivity contribution in [1.82, 2.24) is 4.98 Å². The summed E-state index contributed by atoms with van der Waals surface area (Å²) >= 11 is 7.39. The van der Waals surface area contributed by atoms with Gasteiger partial charge in [0.25, 0.3) is 5.91 Å². The Morgan fingerprint density at radius 1 is 1.29 bits per heavy atom. The predicted octanol–water partition coefficient (Wildman–Crippen LogP) is 4.97. The van der Waals surface area contributed by atoms with Crippen LogP contribution in [-0.2, 0) is 0 Å². The third kappa shape index (κ3) is 2.72. The van der Waals surface area contributed by atoms with E-state index in [1.54, 1.807) is 26.8 Å². The summed E-state index contributed by atoms with van der Waals surface area (Å²) in [6, 6.07) is 4.21. The molecular weight excluding hydrogens is 351 g/mol. The van der Waals surface area contributed by atoms with E-state index < -0.39 is 5.91 Å². The fraction of sp³-hybridized carbons (Fsp3) is 0.176. The van der Waals surface area contributed by atoms with E-state index in [2.05, 4.69) is 10.3 Å². The molecule has 0 saturated carbocycles. The number of anilines is 1. The van der Waals surface area contributed by atoms with Crippen LogP contribution in [0, 0.1) is 26.6 Å². The van der Waals surface area contributed by atoms with Crippen LogP contribution in [0.5, 0.6) is 5.75 Å². The van der Waals surface area contributed by atoms with Gasteiger partial charge in [-0.3, -0.25) is 4.79 Å². The van der Waals surface area contributed by atoms with Crippen molar-refractivity contribution in [2.75, 3.05) is 5.32 Å². The normalized spacial score (nSPS) is 11.0. The summed E-state index contributed by atoms with van der Waals surface area (Å²) < 4.78 is 13.9. The molecule has 2 aromatic heterocycles. The minimum absolute atomic E-state index is 0.112. The van der Waals surface area contributed by atoms with Crippen molar-refractivity contribution < 1.29 is 14.3 Å². The number of hydrogen-bond acceptors (Lipinski definition) is 4. The number of aryl methyl sites for hydroxylation is 1. The van der Waals surface area contributed by atoms with E-state index in [-0.39, 0.29) is 16.6 Å². The second-order valence-corrected chi connectivity index (χ2v) is 6.91. The topological polar surface area (TPSA) is 62.2 Å². The lowest BCUT2D eigenvalue weighted by atomic mass is 10.1. The number of rotatable bonds is 2. The fourth-order valence-electron chi connectivity index (χ4n) is 2.40. The summed E-state index contributed by atoms with van der Waals surface area (Å²) in [6.07, 6.45) is 0. The molecule has 0 saturated heterocycles. The Morgan fingerprint density at radius 2 is 2.00 bits per heavy atom. The highest BCUT2D eigenvalue weighted by atomic mass is 35.5. The van der Waals surface area contributed by atoms with Crippen molar-refractivity contribution in [2.45, 2.75) is 20.8 Å². The van der Waals surface area contributed by atoms with Crippen molar-refractivity contribution in [3.05, 3.63) is 50.7 Å². The highest BCUT2D eigenvalue weighted by Crippen LogP contribution is 2.36. The van der Waals surface area contributed by atoms with Crippen molar-refractivity contribution in [2.24, 2.45) is 0 Å². The molecule has 7 heteroatoms. The van der Waals surface area contributed by atoms with Crippen LogP contribution in [0.4, 0.5) is 10.2 Å². The predicted molar refractivity (Wildman–Crippen MR) is 94.9 cm³/mol. The first-order valence-corrected chi connectivity index (χ1v) is 8.34. The minimum atomic E-state index is -0.415. The maximum absolute atomic E-state index is 13.3. The first-order chi connectivity index (χ1) is 11.3. The Kier molecular flexibility index (Phi) is 4.19. The number of aromatic nitrogens is 1. The van der Waals surface area contributed by atoms with Crippen LogP contribution in [-0.4, -0.2) is 16.0 Å². The first-order valence-electron chi connectivity index (χ1n) is 7.15. The van der Waals surface area contributed by atoms with E-state index in [4.69, 9.17) is 11.6 Å². The number of halogens is 2. The van der Waals surface area contributed by atoms with Crippen LogP contribution in [0.1, 0.15) is 26.5 Å². The molecule has 0 atom stereocenters. The van der Waals surface area contributed by atoms with Crippen molar-refractivity contribution in [1.29, 1.82) is 0 Å². The Bertz CT molecular complexity index is 985. The Balaban J connectivity index is 2.01. The summed E-state index contributed by atoms with van der Waals surface area (Å²) in [5.41, 5.74) is 1.76. The van der Waals surface area contributed by atoms with Crippen LogP contribution in [0.25, 0.3) is 10.1 Å².